The van der Waals surface area contributed by atoms with Crippen LogP contribution in [0.4, 0.5) is 4.79 Å². The molecular formula is C19H22N2O7S. The topological polar surface area (TPSA) is 120 Å². The quantitative estimate of drug-likeness (QED) is 0.625. The van der Waals surface area contributed by atoms with Gasteiger partial charge in [0.1, 0.15) is 17.2 Å². The molecule has 0 atom stereocenters. The number of Topliss-reactive ketones (excluding diaryl/α,β-unsaturated/α-hetero) is 1. The van der Waals surface area contributed by atoms with Crippen molar-refractivity contribution in [1.82, 2.24) is 10.0 Å². The molecule has 0 aliphatic rings. The third kappa shape index (κ3) is 5.38. The summed E-state index contributed by atoms with van der Waals surface area (Å²) in [7, 11) is 0.292. The Morgan fingerprint density at radius 1 is 0.931 bits per heavy atom. The maximum absolute atomic E-state index is 12.3. The van der Waals surface area contributed by atoms with Gasteiger partial charge in [0, 0.05) is 17.7 Å². The van der Waals surface area contributed by atoms with Crippen LogP contribution in [0.2, 0.25) is 0 Å². The molecule has 0 saturated carbocycles. The highest BCUT2D eigenvalue weighted by Crippen LogP contribution is 2.33. The molecule has 2 amide bonds. The average molecular weight is 422 g/mol. The number of rotatable bonds is 8. The van der Waals surface area contributed by atoms with Crippen molar-refractivity contribution in [2.45, 2.75) is 18.4 Å². The van der Waals surface area contributed by atoms with Crippen LogP contribution in [0.5, 0.6) is 17.2 Å². The van der Waals surface area contributed by atoms with Crippen molar-refractivity contribution in [2.24, 2.45) is 0 Å². The molecule has 0 fully saturated rings. The molecule has 0 aliphatic heterocycles. The number of sulfonamides is 1. The van der Waals surface area contributed by atoms with Gasteiger partial charge in [-0.15, -0.1) is 0 Å². The first kappa shape index (κ1) is 22.0. The number of ether oxygens (including phenoxy) is 3. The van der Waals surface area contributed by atoms with Crippen molar-refractivity contribution in [2.75, 3.05) is 21.3 Å². The largest absolute Gasteiger partial charge is 0.496 e. The molecule has 2 aromatic rings. The van der Waals surface area contributed by atoms with Crippen molar-refractivity contribution in [3.05, 3.63) is 47.5 Å². The van der Waals surface area contributed by atoms with Crippen LogP contribution in [0.3, 0.4) is 0 Å². The van der Waals surface area contributed by atoms with Gasteiger partial charge < -0.3 is 19.5 Å². The molecule has 2 aromatic carbocycles. The Labute approximate surface area is 169 Å². The highest BCUT2D eigenvalue weighted by atomic mass is 32.2. The van der Waals surface area contributed by atoms with Crippen LogP contribution in [0, 0.1) is 0 Å². The fourth-order valence-electron chi connectivity index (χ4n) is 2.51. The lowest BCUT2D eigenvalue weighted by Crippen LogP contribution is -2.39. The van der Waals surface area contributed by atoms with E-state index >= 15 is 0 Å². The van der Waals surface area contributed by atoms with Gasteiger partial charge in [-0.3, -0.25) is 4.79 Å². The maximum atomic E-state index is 12.3. The van der Waals surface area contributed by atoms with E-state index in [2.05, 4.69) is 5.32 Å². The summed E-state index contributed by atoms with van der Waals surface area (Å²) in [6.45, 7) is 1.32. The minimum Gasteiger partial charge on any atom is -0.496 e. The zero-order valence-corrected chi connectivity index (χ0v) is 17.3. The zero-order valence-electron chi connectivity index (χ0n) is 16.4. The molecule has 2 N–H and O–H groups in total. The van der Waals surface area contributed by atoms with E-state index in [1.165, 1.54) is 52.5 Å². The summed E-state index contributed by atoms with van der Waals surface area (Å²) in [6.07, 6.45) is 0. The highest BCUT2D eigenvalue weighted by molar-refractivity contribution is 7.90. The second-order valence-corrected chi connectivity index (χ2v) is 7.56. The van der Waals surface area contributed by atoms with Crippen LogP contribution in [-0.2, 0) is 16.6 Å². The lowest BCUT2D eigenvalue weighted by atomic mass is 10.1. The number of urea groups is 1. The Hall–Kier alpha value is -3.27. The summed E-state index contributed by atoms with van der Waals surface area (Å²) < 4.78 is 42.3. The molecule has 0 aromatic heterocycles. The summed E-state index contributed by atoms with van der Waals surface area (Å²) >= 11 is 0. The van der Waals surface area contributed by atoms with Crippen LogP contribution < -0.4 is 24.2 Å². The molecule has 0 bridgehead atoms. The molecule has 29 heavy (non-hydrogen) atoms. The van der Waals surface area contributed by atoms with E-state index in [1.54, 1.807) is 12.1 Å². The predicted molar refractivity (Wildman–Crippen MR) is 105 cm³/mol. The smallest absolute Gasteiger partial charge is 0.328 e. The lowest BCUT2D eigenvalue weighted by molar-refractivity contribution is 0.101. The zero-order chi connectivity index (χ0) is 21.6. The number of nitrogens with one attached hydrogen (secondary N) is 2. The summed E-state index contributed by atoms with van der Waals surface area (Å²) in [5, 5.41) is 2.46. The van der Waals surface area contributed by atoms with Crippen molar-refractivity contribution in [3.63, 3.8) is 0 Å². The van der Waals surface area contributed by atoms with Crippen molar-refractivity contribution in [3.8, 4) is 17.2 Å². The standard InChI is InChI=1S/C19H22N2O7S/c1-12(22)13-5-7-15(8-6-13)29(24,25)21-19(23)20-11-16-17(27-3)9-14(26-2)10-18(16)28-4/h5-10H,11H2,1-4H3,(H2,20,21,23). The molecule has 2 rings (SSSR count). The SMILES string of the molecule is COc1cc(OC)c(CNC(=O)NS(=O)(=O)c2ccc(C(C)=O)cc2)c(OC)c1. The molecule has 0 radical (unpaired) electrons. The van der Waals surface area contributed by atoms with E-state index in [-0.39, 0.29) is 17.2 Å². The first-order valence-corrected chi connectivity index (χ1v) is 9.90. The fraction of sp³-hybridized carbons (Fsp3) is 0.263. The Bertz CT molecular complexity index is 977. The molecule has 0 spiro atoms. The fourth-order valence-corrected chi connectivity index (χ4v) is 3.44. The van der Waals surface area contributed by atoms with Gasteiger partial charge in [-0.05, 0) is 19.1 Å². The third-order valence-electron chi connectivity index (χ3n) is 4.04. The van der Waals surface area contributed by atoms with Gasteiger partial charge in [0.05, 0.1) is 38.3 Å². The monoisotopic (exact) mass is 422 g/mol. The first-order chi connectivity index (χ1) is 13.7. The van der Waals surface area contributed by atoms with E-state index in [9.17, 15) is 18.0 Å². The van der Waals surface area contributed by atoms with E-state index in [0.717, 1.165) is 0 Å². The minimum atomic E-state index is -4.10. The number of ketones is 1. The Morgan fingerprint density at radius 3 is 1.93 bits per heavy atom. The lowest BCUT2D eigenvalue weighted by Gasteiger charge is -2.16. The normalized spacial score (nSPS) is 10.8. The number of amides is 2. The second kappa shape index (κ2) is 9.28. The Kier molecular flexibility index (Phi) is 7.05. The Balaban J connectivity index is 2.12. The summed E-state index contributed by atoms with van der Waals surface area (Å²) in [4.78, 5) is 23.3. The summed E-state index contributed by atoms with van der Waals surface area (Å²) in [6, 6.07) is 7.56. The molecule has 0 unspecified atom stereocenters. The predicted octanol–water partition coefficient (Wildman–Crippen LogP) is 2.10. The van der Waals surface area contributed by atoms with Gasteiger partial charge in [-0.2, -0.15) is 0 Å². The molecule has 0 saturated heterocycles. The highest BCUT2D eigenvalue weighted by Gasteiger charge is 2.19. The second-order valence-electron chi connectivity index (χ2n) is 5.88. The molecule has 0 heterocycles. The van der Waals surface area contributed by atoms with Gasteiger partial charge in [0.15, 0.2) is 5.78 Å². The summed E-state index contributed by atoms with van der Waals surface area (Å²) in [5.74, 6) is 1.12. The first-order valence-electron chi connectivity index (χ1n) is 8.42. The van der Waals surface area contributed by atoms with E-state index < -0.39 is 16.1 Å². The van der Waals surface area contributed by atoms with Crippen LogP contribution in [0.15, 0.2) is 41.3 Å². The average Bonchev–Trinajstić information content (AvgIpc) is 2.71. The number of benzene rings is 2. The maximum Gasteiger partial charge on any atom is 0.328 e. The van der Waals surface area contributed by atoms with E-state index in [0.29, 0.717) is 28.4 Å². The van der Waals surface area contributed by atoms with Crippen molar-refractivity contribution < 1.29 is 32.2 Å². The Morgan fingerprint density at radius 2 is 1.48 bits per heavy atom. The van der Waals surface area contributed by atoms with Gasteiger partial charge in [-0.1, -0.05) is 12.1 Å². The molecule has 10 heteroatoms. The molecule has 0 aliphatic carbocycles. The number of methoxy groups -OCH3 is 3. The van der Waals surface area contributed by atoms with Crippen molar-refractivity contribution in [1.29, 1.82) is 0 Å². The molecule has 156 valence electrons. The van der Waals surface area contributed by atoms with Gasteiger partial charge >= 0.3 is 6.03 Å². The van der Waals surface area contributed by atoms with Crippen LogP contribution >= 0.6 is 0 Å². The number of carbonyl (C=O) groups is 2. The van der Waals surface area contributed by atoms with Gasteiger partial charge in [0.25, 0.3) is 10.0 Å². The number of hydrogen-bond donors (Lipinski definition) is 2. The van der Waals surface area contributed by atoms with Crippen LogP contribution in [-0.4, -0.2) is 41.6 Å². The summed E-state index contributed by atoms with van der Waals surface area (Å²) in [5.41, 5.74) is 0.876. The van der Waals surface area contributed by atoms with E-state index in [4.69, 9.17) is 14.2 Å². The number of carbonyl (C=O) groups excluding carboxylic acids is 2. The van der Waals surface area contributed by atoms with E-state index in [1.807, 2.05) is 4.72 Å². The van der Waals surface area contributed by atoms with Gasteiger partial charge in [-0.25, -0.2) is 17.9 Å². The van der Waals surface area contributed by atoms with Crippen molar-refractivity contribution >= 4 is 21.8 Å². The number of hydrogen-bond acceptors (Lipinski definition) is 7. The molecule has 9 nitrogen and oxygen atoms in total. The van der Waals surface area contributed by atoms with Crippen LogP contribution in [0.1, 0.15) is 22.8 Å². The third-order valence-corrected chi connectivity index (χ3v) is 5.39. The van der Waals surface area contributed by atoms with Crippen LogP contribution in [0.25, 0.3) is 0 Å². The minimum absolute atomic E-state index is 0.0546. The molecular weight excluding hydrogens is 400 g/mol. The van der Waals surface area contributed by atoms with Gasteiger partial charge in [0.2, 0.25) is 0 Å².